The van der Waals surface area contributed by atoms with Crippen LogP contribution in [0.5, 0.6) is 5.75 Å². The maximum Gasteiger partial charge on any atom is 0.231 e. The smallest absolute Gasteiger partial charge is 0.231 e. The molecule has 20 heavy (non-hydrogen) atoms. The van der Waals surface area contributed by atoms with Gasteiger partial charge in [-0.1, -0.05) is 0 Å². The van der Waals surface area contributed by atoms with Gasteiger partial charge in [0.25, 0.3) is 0 Å². The predicted molar refractivity (Wildman–Crippen MR) is 77.6 cm³/mol. The molecule has 3 aromatic rings. The lowest BCUT2D eigenvalue weighted by molar-refractivity contribution is 0.415. The lowest BCUT2D eigenvalue weighted by Crippen LogP contribution is -2.11. The number of methoxy groups -OCH3 is 1. The number of rotatable bonds is 3. The molecule has 2 heterocycles. The summed E-state index contributed by atoms with van der Waals surface area (Å²) in [6.45, 7) is 1.99. The van der Waals surface area contributed by atoms with Crippen LogP contribution in [0.3, 0.4) is 0 Å². The lowest BCUT2D eigenvalue weighted by atomic mass is 10.2. The third-order valence-electron chi connectivity index (χ3n) is 3.31. The molecule has 5 nitrogen and oxygen atoms in total. The van der Waals surface area contributed by atoms with E-state index in [-0.39, 0.29) is 0 Å². The van der Waals surface area contributed by atoms with Gasteiger partial charge in [0.2, 0.25) is 5.71 Å². The number of hydrogen-bond donors (Lipinski definition) is 0. The van der Waals surface area contributed by atoms with Crippen molar-refractivity contribution in [1.29, 1.82) is 0 Å². The number of nitrogens with zero attached hydrogens (tertiary/aromatic N) is 3. The summed E-state index contributed by atoms with van der Waals surface area (Å²) in [5, 5.41) is 0.936. The molecule has 2 aromatic heterocycles. The Kier molecular flexibility index (Phi) is 3.02. The number of fused-ring (bicyclic) bond motifs is 1. The summed E-state index contributed by atoms with van der Waals surface area (Å²) in [5.74, 6) is 1.65. The van der Waals surface area contributed by atoms with E-state index in [1.54, 1.807) is 13.4 Å². The summed E-state index contributed by atoms with van der Waals surface area (Å²) < 4.78 is 10.6. The molecule has 0 fully saturated rings. The minimum absolute atomic E-state index is 0.605. The fourth-order valence-electron chi connectivity index (χ4n) is 2.18. The summed E-state index contributed by atoms with van der Waals surface area (Å²) in [4.78, 5) is 10.5. The average molecular weight is 268 g/mol. The minimum atomic E-state index is 0.605. The summed E-state index contributed by atoms with van der Waals surface area (Å²) >= 11 is 0. The molecular formula is C15H15N3O2. The molecule has 0 N–H and O–H groups in total. The monoisotopic (exact) mass is 268 g/mol. The van der Waals surface area contributed by atoms with Crippen LogP contribution < -0.4 is 9.64 Å². The van der Waals surface area contributed by atoms with Crippen molar-refractivity contribution in [2.24, 2.45) is 0 Å². The van der Waals surface area contributed by atoms with E-state index in [1.165, 1.54) is 6.33 Å². The van der Waals surface area contributed by atoms with Crippen molar-refractivity contribution in [3.8, 4) is 5.75 Å². The highest BCUT2D eigenvalue weighted by molar-refractivity contribution is 5.91. The first-order valence-electron chi connectivity index (χ1n) is 6.27. The largest absolute Gasteiger partial charge is 0.497 e. The molecule has 0 aliphatic heterocycles. The summed E-state index contributed by atoms with van der Waals surface area (Å²) in [7, 11) is 3.62. The van der Waals surface area contributed by atoms with Crippen molar-refractivity contribution in [2.75, 3.05) is 19.1 Å². The quantitative estimate of drug-likeness (QED) is 0.729. The Bertz CT molecular complexity index is 734. The average Bonchev–Trinajstić information content (AvgIpc) is 2.88. The Morgan fingerprint density at radius 3 is 2.60 bits per heavy atom. The van der Waals surface area contributed by atoms with E-state index in [4.69, 9.17) is 9.15 Å². The lowest BCUT2D eigenvalue weighted by Gasteiger charge is -2.19. The van der Waals surface area contributed by atoms with Crippen molar-refractivity contribution in [3.63, 3.8) is 0 Å². The van der Waals surface area contributed by atoms with Gasteiger partial charge in [0.15, 0.2) is 0 Å². The van der Waals surface area contributed by atoms with Crippen LogP contribution in [0, 0.1) is 6.92 Å². The SMILES string of the molecule is Cc1coc2ncnc(N(C)c3ccc(O[11CH3])cc3)c12. The van der Waals surface area contributed by atoms with E-state index in [9.17, 15) is 0 Å². The Hall–Kier alpha value is -2.56. The zero-order valence-electron chi connectivity index (χ0n) is 11.6. The number of aromatic nitrogens is 2. The zero-order chi connectivity index (χ0) is 14.1. The molecule has 1 aromatic carbocycles. The van der Waals surface area contributed by atoms with E-state index >= 15 is 0 Å². The first-order chi connectivity index (χ1) is 9.70. The van der Waals surface area contributed by atoms with E-state index in [2.05, 4.69) is 9.97 Å². The molecule has 0 saturated carbocycles. The topological polar surface area (TPSA) is 51.4 Å². The highest BCUT2D eigenvalue weighted by Crippen LogP contribution is 2.31. The second kappa shape index (κ2) is 4.85. The number of hydrogen-bond acceptors (Lipinski definition) is 5. The van der Waals surface area contributed by atoms with Gasteiger partial charge in [-0.25, -0.2) is 9.97 Å². The van der Waals surface area contributed by atoms with Crippen LogP contribution in [0.1, 0.15) is 5.56 Å². The van der Waals surface area contributed by atoms with Crippen molar-refractivity contribution in [3.05, 3.63) is 42.4 Å². The number of aryl methyl sites for hydroxylation is 1. The second-order valence-corrected chi connectivity index (χ2v) is 4.55. The van der Waals surface area contributed by atoms with Crippen molar-refractivity contribution in [2.45, 2.75) is 6.92 Å². The highest BCUT2D eigenvalue weighted by atomic mass is 16.4. The fraction of sp³-hybridized carbons (Fsp3) is 0.200. The second-order valence-electron chi connectivity index (χ2n) is 4.55. The molecule has 0 radical (unpaired) electrons. The number of anilines is 2. The maximum absolute atomic E-state index is 5.41. The molecule has 5 heteroatoms. The van der Waals surface area contributed by atoms with Gasteiger partial charge < -0.3 is 14.1 Å². The van der Waals surface area contributed by atoms with Crippen LogP contribution in [0.4, 0.5) is 11.5 Å². The van der Waals surface area contributed by atoms with Crippen LogP contribution >= 0.6 is 0 Å². The number of benzene rings is 1. The first kappa shape index (κ1) is 12.5. The van der Waals surface area contributed by atoms with Gasteiger partial charge in [-0.05, 0) is 31.2 Å². The molecule has 102 valence electrons. The Morgan fingerprint density at radius 1 is 1.15 bits per heavy atom. The van der Waals surface area contributed by atoms with E-state index < -0.39 is 0 Å². The third-order valence-corrected chi connectivity index (χ3v) is 3.31. The van der Waals surface area contributed by atoms with Crippen LogP contribution in [0.25, 0.3) is 11.1 Å². The summed E-state index contributed by atoms with van der Waals surface area (Å²) in [6, 6.07) is 7.82. The van der Waals surface area contributed by atoms with Crippen molar-refractivity contribution < 1.29 is 9.15 Å². The highest BCUT2D eigenvalue weighted by Gasteiger charge is 2.14. The number of furan rings is 1. The fourth-order valence-corrected chi connectivity index (χ4v) is 2.18. The Morgan fingerprint density at radius 2 is 1.90 bits per heavy atom. The summed E-state index contributed by atoms with van der Waals surface area (Å²) in [5.41, 5.74) is 2.65. The van der Waals surface area contributed by atoms with E-state index in [0.717, 1.165) is 28.2 Å². The minimum Gasteiger partial charge on any atom is -0.497 e. The van der Waals surface area contributed by atoms with Gasteiger partial charge >= 0.3 is 0 Å². The van der Waals surface area contributed by atoms with Crippen LogP contribution in [0.2, 0.25) is 0 Å². The number of ether oxygens (including phenoxy) is 1. The van der Waals surface area contributed by atoms with Crippen LogP contribution in [-0.4, -0.2) is 24.1 Å². The zero-order valence-corrected chi connectivity index (χ0v) is 11.6. The maximum atomic E-state index is 5.41. The molecule has 3 rings (SSSR count). The molecule has 0 bridgehead atoms. The molecule has 0 amide bonds. The first-order valence-corrected chi connectivity index (χ1v) is 6.27. The Labute approximate surface area is 116 Å². The summed E-state index contributed by atoms with van der Waals surface area (Å²) in [6.07, 6.45) is 3.21. The van der Waals surface area contributed by atoms with Gasteiger partial charge in [0, 0.05) is 18.3 Å². The molecular weight excluding hydrogens is 253 g/mol. The molecule has 0 spiro atoms. The Balaban J connectivity index is 2.07. The molecule has 0 atom stereocenters. The normalized spacial score (nSPS) is 10.8. The van der Waals surface area contributed by atoms with Gasteiger partial charge in [0.05, 0.1) is 18.8 Å². The van der Waals surface area contributed by atoms with Gasteiger partial charge in [-0.3, -0.25) is 0 Å². The van der Waals surface area contributed by atoms with Gasteiger partial charge in [-0.15, -0.1) is 0 Å². The van der Waals surface area contributed by atoms with Gasteiger partial charge in [-0.2, -0.15) is 0 Å². The van der Waals surface area contributed by atoms with Crippen molar-refractivity contribution >= 4 is 22.6 Å². The van der Waals surface area contributed by atoms with Crippen LogP contribution in [-0.2, 0) is 0 Å². The van der Waals surface area contributed by atoms with E-state index in [1.807, 2.05) is 43.1 Å². The molecule has 0 unspecified atom stereocenters. The third kappa shape index (κ3) is 1.97. The molecule has 0 aliphatic rings. The van der Waals surface area contributed by atoms with E-state index in [0.29, 0.717) is 5.71 Å². The van der Waals surface area contributed by atoms with Gasteiger partial charge in [0.1, 0.15) is 17.9 Å². The predicted octanol–water partition coefficient (Wildman–Crippen LogP) is 3.31. The molecule has 0 aliphatic carbocycles. The standard InChI is InChI=1S/C15H15N3O2/c1-10-8-20-15-13(10)14(16-9-17-15)18(2)11-4-6-12(19-3)7-5-11/h4-9H,1-3H3/i3-1. The van der Waals surface area contributed by atoms with Crippen LogP contribution in [0.15, 0.2) is 41.3 Å². The molecule has 0 saturated heterocycles. The van der Waals surface area contributed by atoms with Crippen molar-refractivity contribution in [1.82, 2.24) is 9.97 Å².